The van der Waals surface area contributed by atoms with Gasteiger partial charge in [0.2, 0.25) is 5.88 Å². The first-order chi connectivity index (χ1) is 9.29. The number of hydrogen-bond donors (Lipinski definition) is 2. The van der Waals surface area contributed by atoms with E-state index in [1.165, 1.54) is 18.4 Å². The maximum Gasteiger partial charge on any atom is 0.233 e. The van der Waals surface area contributed by atoms with Crippen molar-refractivity contribution in [1.29, 1.82) is 0 Å². The van der Waals surface area contributed by atoms with Crippen molar-refractivity contribution in [3.8, 4) is 5.88 Å². The summed E-state index contributed by atoms with van der Waals surface area (Å²) in [4.78, 5) is 0. The minimum atomic E-state index is 0.556. The summed E-state index contributed by atoms with van der Waals surface area (Å²) >= 11 is 0. The first-order valence-electron chi connectivity index (χ1n) is 6.75. The molecule has 2 N–H and O–H groups in total. The number of rotatable bonds is 6. The number of benzene rings is 1. The van der Waals surface area contributed by atoms with Crippen LogP contribution in [-0.2, 0) is 13.2 Å². The Labute approximate surface area is 113 Å². The van der Waals surface area contributed by atoms with Crippen LogP contribution in [0, 0.1) is 6.92 Å². The van der Waals surface area contributed by atoms with Crippen molar-refractivity contribution in [2.24, 2.45) is 0 Å². The molecule has 4 heteroatoms. The van der Waals surface area contributed by atoms with Gasteiger partial charge in [0, 0.05) is 24.3 Å². The summed E-state index contributed by atoms with van der Waals surface area (Å²) in [6, 6.07) is 11.2. The third kappa shape index (κ3) is 3.58. The Bertz CT molecular complexity index is 529. The van der Waals surface area contributed by atoms with Crippen LogP contribution in [0.1, 0.15) is 29.7 Å². The predicted molar refractivity (Wildman–Crippen MR) is 74.0 cm³/mol. The number of aromatic nitrogens is 2. The van der Waals surface area contributed by atoms with Gasteiger partial charge in [0.05, 0.1) is 0 Å². The van der Waals surface area contributed by atoms with E-state index in [4.69, 9.17) is 4.74 Å². The van der Waals surface area contributed by atoms with Gasteiger partial charge < -0.3 is 10.1 Å². The van der Waals surface area contributed by atoms with E-state index < -0.39 is 0 Å². The van der Waals surface area contributed by atoms with Crippen molar-refractivity contribution in [2.75, 3.05) is 0 Å². The summed E-state index contributed by atoms with van der Waals surface area (Å²) < 4.78 is 5.60. The Balaban J connectivity index is 1.50. The van der Waals surface area contributed by atoms with Gasteiger partial charge in [-0.1, -0.05) is 24.3 Å². The van der Waals surface area contributed by atoms with E-state index in [0.717, 1.165) is 23.8 Å². The largest absolute Gasteiger partial charge is 0.472 e. The molecule has 0 unspecified atom stereocenters. The lowest BCUT2D eigenvalue weighted by molar-refractivity contribution is 0.293. The minimum absolute atomic E-state index is 0.556. The lowest BCUT2D eigenvalue weighted by Gasteiger charge is -2.06. The van der Waals surface area contributed by atoms with Crippen LogP contribution in [0.5, 0.6) is 5.88 Å². The zero-order chi connectivity index (χ0) is 13.1. The number of ether oxygens (including phenoxy) is 1. The molecule has 1 aromatic heterocycles. The minimum Gasteiger partial charge on any atom is -0.472 e. The molecule has 1 fully saturated rings. The van der Waals surface area contributed by atoms with Crippen LogP contribution in [-0.4, -0.2) is 16.2 Å². The van der Waals surface area contributed by atoms with Crippen molar-refractivity contribution in [3.05, 3.63) is 47.2 Å². The molecule has 1 aliphatic rings. The van der Waals surface area contributed by atoms with Gasteiger partial charge in [-0.05, 0) is 30.9 Å². The standard InChI is InChI=1S/C15H19N3O/c1-11-8-15(18-17-11)19-10-13-4-2-12(3-5-13)9-16-14-6-7-14/h2-5,8,14,16H,6-7,9-10H2,1H3,(H,17,18). The highest BCUT2D eigenvalue weighted by Crippen LogP contribution is 2.19. The van der Waals surface area contributed by atoms with Crippen molar-refractivity contribution in [1.82, 2.24) is 15.5 Å². The van der Waals surface area contributed by atoms with Crippen LogP contribution in [0.3, 0.4) is 0 Å². The number of nitrogens with zero attached hydrogens (tertiary/aromatic N) is 1. The van der Waals surface area contributed by atoms with E-state index >= 15 is 0 Å². The molecule has 2 aromatic rings. The molecule has 0 atom stereocenters. The molecular formula is C15H19N3O. The number of H-pyrrole nitrogens is 1. The normalized spacial score (nSPS) is 14.6. The topological polar surface area (TPSA) is 49.9 Å². The Kier molecular flexibility index (Phi) is 3.51. The average molecular weight is 257 g/mol. The fourth-order valence-corrected chi connectivity index (χ4v) is 1.93. The molecule has 0 amide bonds. The van der Waals surface area contributed by atoms with E-state index in [0.29, 0.717) is 12.5 Å². The highest BCUT2D eigenvalue weighted by atomic mass is 16.5. The Morgan fingerprint density at radius 1 is 1.26 bits per heavy atom. The van der Waals surface area contributed by atoms with Gasteiger partial charge >= 0.3 is 0 Å². The summed E-state index contributed by atoms with van der Waals surface area (Å²) in [5, 5.41) is 10.4. The fraction of sp³-hybridized carbons (Fsp3) is 0.400. The van der Waals surface area contributed by atoms with Gasteiger partial charge in [0.25, 0.3) is 0 Å². The Morgan fingerprint density at radius 3 is 2.63 bits per heavy atom. The first-order valence-corrected chi connectivity index (χ1v) is 6.75. The highest BCUT2D eigenvalue weighted by molar-refractivity contribution is 5.23. The van der Waals surface area contributed by atoms with Gasteiger partial charge in [-0.2, -0.15) is 0 Å². The molecular weight excluding hydrogens is 238 g/mol. The molecule has 4 nitrogen and oxygen atoms in total. The van der Waals surface area contributed by atoms with Crippen molar-refractivity contribution in [3.63, 3.8) is 0 Å². The SMILES string of the molecule is Cc1cc(OCc2ccc(CNC3CC3)cc2)n[nH]1. The van der Waals surface area contributed by atoms with Crippen LogP contribution in [0.15, 0.2) is 30.3 Å². The second-order valence-corrected chi connectivity index (χ2v) is 5.15. The Morgan fingerprint density at radius 2 is 2.00 bits per heavy atom. The summed E-state index contributed by atoms with van der Waals surface area (Å²) in [5.41, 5.74) is 3.50. The van der Waals surface area contributed by atoms with E-state index in [-0.39, 0.29) is 0 Å². The molecule has 0 spiro atoms. The third-order valence-corrected chi connectivity index (χ3v) is 3.26. The van der Waals surface area contributed by atoms with Gasteiger partial charge in [-0.15, -0.1) is 5.10 Å². The quantitative estimate of drug-likeness (QED) is 0.836. The summed E-state index contributed by atoms with van der Waals surface area (Å²) in [5.74, 6) is 0.650. The lowest BCUT2D eigenvalue weighted by Crippen LogP contribution is -2.15. The zero-order valence-corrected chi connectivity index (χ0v) is 11.1. The van der Waals surface area contributed by atoms with E-state index in [2.05, 4.69) is 39.8 Å². The smallest absolute Gasteiger partial charge is 0.233 e. The van der Waals surface area contributed by atoms with Crippen LogP contribution in [0.25, 0.3) is 0 Å². The van der Waals surface area contributed by atoms with Crippen molar-refractivity contribution >= 4 is 0 Å². The Hall–Kier alpha value is -1.81. The molecule has 1 heterocycles. The second-order valence-electron chi connectivity index (χ2n) is 5.15. The molecule has 19 heavy (non-hydrogen) atoms. The predicted octanol–water partition coefficient (Wildman–Crippen LogP) is 2.55. The number of nitrogens with one attached hydrogen (secondary N) is 2. The monoisotopic (exact) mass is 257 g/mol. The second kappa shape index (κ2) is 5.45. The summed E-state index contributed by atoms with van der Waals surface area (Å²) in [6.07, 6.45) is 2.66. The summed E-state index contributed by atoms with van der Waals surface area (Å²) in [7, 11) is 0. The van der Waals surface area contributed by atoms with Gasteiger partial charge in [-0.3, -0.25) is 5.10 Å². The van der Waals surface area contributed by atoms with Gasteiger partial charge in [-0.25, -0.2) is 0 Å². The molecule has 1 saturated carbocycles. The molecule has 1 aromatic carbocycles. The number of hydrogen-bond acceptors (Lipinski definition) is 3. The van der Waals surface area contributed by atoms with E-state index in [1.807, 2.05) is 13.0 Å². The van der Waals surface area contributed by atoms with Crippen molar-refractivity contribution < 1.29 is 4.74 Å². The van der Waals surface area contributed by atoms with Gasteiger partial charge in [0.1, 0.15) is 6.61 Å². The van der Waals surface area contributed by atoms with Crippen molar-refractivity contribution in [2.45, 2.75) is 39.0 Å². The van der Waals surface area contributed by atoms with Crippen LogP contribution in [0.2, 0.25) is 0 Å². The molecule has 1 aliphatic carbocycles. The molecule has 0 bridgehead atoms. The number of aromatic amines is 1. The van der Waals surface area contributed by atoms with E-state index in [1.54, 1.807) is 0 Å². The third-order valence-electron chi connectivity index (χ3n) is 3.26. The highest BCUT2D eigenvalue weighted by Gasteiger charge is 2.19. The van der Waals surface area contributed by atoms with Gasteiger partial charge in [0.15, 0.2) is 0 Å². The molecule has 100 valence electrons. The molecule has 0 aliphatic heterocycles. The maximum absolute atomic E-state index is 5.60. The molecule has 3 rings (SSSR count). The summed E-state index contributed by atoms with van der Waals surface area (Å²) in [6.45, 7) is 3.48. The lowest BCUT2D eigenvalue weighted by atomic mass is 10.1. The molecule has 0 saturated heterocycles. The van der Waals surface area contributed by atoms with Crippen LogP contribution < -0.4 is 10.1 Å². The van der Waals surface area contributed by atoms with E-state index in [9.17, 15) is 0 Å². The first kappa shape index (κ1) is 12.2. The average Bonchev–Trinajstić information content (AvgIpc) is 3.17. The maximum atomic E-state index is 5.60. The number of aryl methyl sites for hydroxylation is 1. The van der Waals surface area contributed by atoms with Crippen LogP contribution >= 0.6 is 0 Å². The van der Waals surface area contributed by atoms with Crippen LogP contribution in [0.4, 0.5) is 0 Å². The fourth-order valence-electron chi connectivity index (χ4n) is 1.93. The zero-order valence-electron chi connectivity index (χ0n) is 11.1. The molecule has 0 radical (unpaired) electrons.